The van der Waals surface area contributed by atoms with E-state index < -0.39 is 0 Å². The third-order valence-electron chi connectivity index (χ3n) is 3.54. The van der Waals surface area contributed by atoms with Crippen molar-refractivity contribution in [3.63, 3.8) is 0 Å². The van der Waals surface area contributed by atoms with E-state index in [2.05, 4.69) is 39.4 Å². The van der Waals surface area contributed by atoms with Crippen LogP contribution in [-0.2, 0) is 6.54 Å². The van der Waals surface area contributed by atoms with Crippen LogP contribution in [0.5, 0.6) is 0 Å². The average Bonchev–Trinajstić information content (AvgIpc) is 2.94. The van der Waals surface area contributed by atoms with Gasteiger partial charge in [-0.1, -0.05) is 24.3 Å². The van der Waals surface area contributed by atoms with Gasteiger partial charge in [0.1, 0.15) is 12.1 Å². The fourth-order valence-electron chi connectivity index (χ4n) is 2.10. The Morgan fingerprint density at radius 3 is 2.73 bits per heavy atom. The summed E-state index contributed by atoms with van der Waals surface area (Å²) in [6, 6.07) is 6.60. The molecule has 0 radical (unpaired) electrons. The number of nitrogens with one attached hydrogen (secondary N) is 1. The van der Waals surface area contributed by atoms with Crippen LogP contribution < -0.4 is 5.32 Å². The summed E-state index contributed by atoms with van der Waals surface area (Å²) in [6.07, 6.45) is 2.48. The summed E-state index contributed by atoms with van der Waals surface area (Å²) in [5.41, 5.74) is 2.23. The van der Waals surface area contributed by atoms with E-state index in [1.807, 2.05) is 0 Å². The monoisotopic (exact) mass is 300 g/mol. The number of fused-ring (bicyclic) bond motifs is 1. The molecule has 0 unspecified atom stereocenters. The number of rotatable bonds is 5. The molecule has 0 spiro atoms. The lowest BCUT2D eigenvalue weighted by atomic mass is 10.2. The van der Waals surface area contributed by atoms with Gasteiger partial charge in [-0.15, -0.1) is 5.10 Å². The van der Waals surface area contributed by atoms with E-state index >= 15 is 0 Å². The Morgan fingerprint density at radius 1 is 1.23 bits per heavy atom. The number of hydrogen-bond donors (Lipinski definition) is 1. The zero-order valence-electron chi connectivity index (χ0n) is 12.5. The van der Waals surface area contributed by atoms with Crippen molar-refractivity contribution in [2.24, 2.45) is 0 Å². The van der Waals surface area contributed by atoms with Crippen LogP contribution in [0.1, 0.15) is 25.8 Å². The van der Waals surface area contributed by atoms with Crippen LogP contribution in [0.15, 0.2) is 30.6 Å². The minimum atomic E-state index is -0.255. The summed E-state index contributed by atoms with van der Waals surface area (Å²) >= 11 is 0. The van der Waals surface area contributed by atoms with Crippen molar-refractivity contribution in [3.8, 4) is 0 Å². The number of anilines is 1. The highest BCUT2D eigenvalue weighted by molar-refractivity contribution is 5.81. The summed E-state index contributed by atoms with van der Waals surface area (Å²) in [6.45, 7) is 4.66. The van der Waals surface area contributed by atoms with Crippen LogP contribution >= 0.6 is 0 Å². The molecule has 0 saturated heterocycles. The molecule has 3 rings (SSSR count). The molecule has 0 aliphatic heterocycles. The minimum absolute atomic E-state index is 0.255. The van der Waals surface area contributed by atoms with Crippen molar-refractivity contribution in [3.05, 3.63) is 42.0 Å². The molecule has 114 valence electrons. The topological polar surface area (TPSA) is 68.5 Å². The first-order valence-corrected chi connectivity index (χ1v) is 7.22. The first-order chi connectivity index (χ1) is 10.7. The quantitative estimate of drug-likeness (QED) is 0.784. The van der Waals surface area contributed by atoms with Crippen molar-refractivity contribution in [1.29, 1.82) is 0 Å². The van der Waals surface area contributed by atoms with E-state index in [1.54, 1.807) is 16.8 Å². The molecule has 0 bridgehead atoms. The maximum absolute atomic E-state index is 13.0. The SMILES string of the molecule is CC[C@@H](C)Nc1ncnc2c1nnn2Cc1ccc(F)cc1. The maximum atomic E-state index is 13.0. The van der Waals surface area contributed by atoms with E-state index in [1.165, 1.54) is 18.5 Å². The molecule has 0 saturated carbocycles. The van der Waals surface area contributed by atoms with Gasteiger partial charge >= 0.3 is 0 Å². The Labute approximate surface area is 127 Å². The molecule has 6 nitrogen and oxygen atoms in total. The Morgan fingerprint density at radius 2 is 2.00 bits per heavy atom. The van der Waals surface area contributed by atoms with Gasteiger partial charge in [-0.2, -0.15) is 0 Å². The minimum Gasteiger partial charge on any atom is -0.366 e. The van der Waals surface area contributed by atoms with E-state index in [4.69, 9.17) is 0 Å². The van der Waals surface area contributed by atoms with Crippen molar-refractivity contribution >= 4 is 17.0 Å². The van der Waals surface area contributed by atoms with Crippen LogP contribution in [0.3, 0.4) is 0 Å². The molecule has 0 amide bonds. The molecule has 0 fully saturated rings. The summed E-state index contributed by atoms with van der Waals surface area (Å²) in [5, 5.41) is 11.6. The fraction of sp³-hybridized carbons (Fsp3) is 0.333. The average molecular weight is 300 g/mol. The van der Waals surface area contributed by atoms with Gasteiger partial charge in [0.15, 0.2) is 17.0 Å². The van der Waals surface area contributed by atoms with Crippen molar-refractivity contribution in [1.82, 2.24) is 25.0 Å². The van der Waals surface area contributed by atoms with Crippen LogP contribution in [0, 0.1) is 5.82 Å². The third kappa shape index (κ3) is 2.88. The summed E-state index contributed by atoms with van der Waals surface area (Å²) < 4.78 is 14.6. The number of benzene rings is 1. The number of hydrogen-bond acceptors (Lipinski definition) is 5. The lowest BCUT2D eigenvalue weighted by Crippen LogP contribution is -2.15. The van der Waals surface area contributed by atoms with E-state index in [9.17, 15) is 4.39 Å². The molecular formula is C15H17FN6. The Hall–Kier alpha value is -2.57. The van der Waals surface area contributed by atoms with Gasteiger partial charge in [-0.3, -0.25) is 0 Å². The molecule has 1 N–H and O–H groups in total. The van der Waals surface area contributed by atoms with Crippen molar-refractivity contribution in [2.45, 2.75) is 32.9 Å². The lowest BCUT2D eigenvalue weighted by Gasteiger charge is -2.11. The van der Waals surface area contributed by atoms with Crippen LogP contribution in [0.2, 0.25) is 0 Å². The second-order valence-corrected chi connectivity index (χ2v) is 5.22. The van der Waals surface area contributed by atoms with Crippen molar-refractivity contribution in [2.75, 3.05) is 5.32 Å². The largest absolute Gasteiger partial charge is 0.366 e. The Balaban J connectivity index is 1.91. The molecule has 22 heavy (non-hydrogen) atoms. The Kier molecular flexibility index (Phi) is 3.95. The summed E-state index contributed by atoms with van der Waals surface area (Å²) in [7, 11) is 0. The van der Waals surface area contributed by atoms with Gasteiger partial charge < -0.3 is 5.32 Å². The van der Waals surface area contributed by atoms with E-state index in [0.717, 1.165) is 12.0 Å². The summed E-state index contributed by atoms with van der Waals surface area (Å²) in [4.78, 5) is 8.50. The van der Waals surface area contributed by atoms with Gasteiger partial charge in [-0.25, -0.2) is 19.0 Å². The second-order valence-electron chi connectivity index (χ2n) is 5.22. The second kappa shape index (κ2) is 6.05. The highest BCUT2D eigenvalue weighted by Crippen LogP contribution is 2.18. The Bertz CT molecular complexity index is 767. The fourth-order valence-corrected chi connectivity index (χ4v) is 2.10. The smallest absolute Gasteiger partial charge is 0.184 e. The normalized spacial score (nSPS) is 12.5. The predicted molar refractivity (Wildman–Crippen MR) is 82.0 cm³/mol. The molecule has 2 heterocycles. The molecule has 1 atom stereocenters. The van der Waals surface area contributed by atoms with Gasteiger partial charge in [0, 0.05) is 6.04 Å². The number of aromatic nitrogens is 5. The van der Waals surface area contributed by atoms with Crippen LogP contribution in [0.25, 0.3) is 11.2 Å². The molecule has 0 aliphatic rings. The molecule has 7 heteroatoms. The van der Waals surface area contributed by atoms with Crippen LogP contribution in [0.4, 0.5) is 10.2 Å². The van der Waals surface area contributed by atoms with Crippen LogP contribution in [-0.4, -0.2) is 31.0 Å². The highest BCUT2D eigenvalue weighted by atomic mass is 19.1. The molecule has 2 aromatic heterocycles. The lowest BCUT2D eigenvalue weighted by molar-refractivity contribution is 0.623. The number of halogens is 1. The zero-order valence-corrected chi connectivity index (χ0v) is 12.5. The van der Waals surface area contributed by atoms with Crippen molar-refractivity contribution < 1.29 is 4.39 Å². The third-order valence-corrected chi connectivity index (χ3v) is 3.54. The standard InChI is InChI=1S/C15H17FN6/c1-3-10(2)19-14-13-15(18-9-17-14)22(21-20-13)8-11-4-6-12(16)7-5-11/h4-7,9-10H,3,8H2,1-2H3,(H,17,18,19)/t10-/m1/s1. The van der Waals surface area contributed by atoms with E-state index in [0.29, 0.717) is 29.6 Å². The first-order valence-electron chi connectivity index (χ1n) is 7.22. The molecule has 3 aromatic rings. The summed E-state index contributed by atoms with van der Waals surface area (Å²) in [5.74, 6) is 0.430. The van der Waals surface area contributed by atoms with Gasteiger partial charge in [0.25, 0.3) is 0 Å². The highest BCUT2D eigenvalue weighted by Gasteiger charge is 2.13. The molecular weight excluding hydrogens is 283 g/mol. The first kappa shape index (κ1) is 14.4. The molecule has 1 aromatic carbocycles. The van der Waals surface area contributed by atoms with Gasteiger partial charge in [0.2, 0.25) is 0 Å². The predicted octanol–water partition coefficient (Wildman–Crippen LogP) is 2.62. The number of nitrogens with zero attached hydrogens (tertiary/aromatic N) is 5. The van der Waals surface area contributed by atoms with E-state index in [-0.39, 0.29) is 5.82 Å². The molecule has 0 aliphatic carbocycles. The van der Waals surface area contributed by atoms with Gasteiger partial charge in [0.05, 0.1) is 6.54 Å². The zero-order chi connectivity index (χ0) is 15.5. The van der Waals surface area contributed by atoms with Gasteiger partial charge in [-0.05, 0) is 31.0 Å². The maximum Gasteiger partial charge on any atom is 0.184 e.